The molecule has 1 atom stereocenters. The first kappa shape index (κ1) is 18.1. The number of para-hydroxylation sites is 1. The molecule has 0 unspecified atom stereocenters. The highest BCUT2D eigenvalue weighted by Gasteiger charge is 2.46. The molecule has 0 amide bonds. The van der Waals surface area contributed by atoms with E-state index >= 15 is 0 Å². The quantitative estimate of drug-likeness (QED) is 0.431. The van der Waals surface area contributed by atoms with E-state index in [0.717, 1.165) is 34.0 Å². The van der Waals surface area contributed by atoms with Crippen molar-refractivity contribution in [3.8, 4) is 0 Å². The van der Waals surface area contributed by atoms with Crippen LogP contribution in [0.25, 0.3) is 17.2 Å². The maximum Gasteiger partial charge on any atom is 0.409 e. The summed E-state index contributed by atoms with van der Waals surface area (Å²) >= 11 is 0. The standard InChI is InChI=1S/C24H22BN5O/c1-16-15-21-22(19-11-7-14-27-24(19)31-21)28(3)25(16)30-17(2)29(18-9-5-4-6-10-18)20-12-8-13-26-23(20)30/h4-15,17H,1-3H3/t17-/m0/s1. The van der Waals surface area contributed by atoms with E-state index in [0.29, 0.717) is 5.71 Å². The molecule has 5 heterocycles. The molecule has 6 nitrogen and oxygen atoms in total. The highest BCUT2D eigenvalue weighted by Crippen LogP contribution is 2.46. The molecular formula is C24H22BN5O. The summed E-state index contributed by atoms with van der Waals surface area (Å²) in [6.07, 6.45) is 5.87. The molecule has 0 N–H and O–H groups in total. The van der Waals surface area contributed by atoms with Crippen molar-refractivity contribution < 1.29 is 4.42 Å². The van der Waals surface area contributed by atoms with Gasteiger partial charge in [-0.15, -0.1) is 0 Å². The second-order valence-electron chi connectivity index (χ2n) is 8.13. The Morgan fingerprint density at radius 1 is 0.968 bits per heavy atom. The number of nitrogens with zero attached hydrogens (tertiary/aromatic N) is 5. The highest BCUT2D eigenvalue weighted by atomic mass is 16.3. The maximum absolute atomic E-state index is 6.06. The van der Waals surface area contributed by atoms with E-state index in [9.17, 15) is 0 Å². The molecule has 0 saturated heterocycles. The van der Waals surface area contributed by atoms with Gasteiger partial charge in [-0.25, -0.2) is 9.97 Å². The minimum Gasteiger partial charge on any atom is -0.436 e. The van der Waals surface area contributed by atoms with Crippen LogP contribution >= 0.6 is 0 Å². The second-order valence-corrected chi connectivity index (χ2v) is 8.13. The third-order valence-electron chi connectivity index (χ3n) is 6.30. The number of benzene rings is 1. The van der Waals surface area contributed by atoms with Gasteiger partial charge in [0.05, 0.1) is 22.9 Å². The lowest BCUT2D eigenvalue weighted by molar-refractivity contribution is 0.591. The summed E-state index contributed by atoms with van der Waals surface area (Å²) in [6, 6.07) is 18.7. The summed E-state index contributed by atoms with van der Waals surface area (Å²) in [6.45, 7) is 4.40. The number of allylic oxidation sites excluding steroid dienone is 1. The number of furan rings is 1. The Hall–Kier alpha value is -3.74. The van der Waals surface area contributed by atoms with Gasteiger partial charge in [0.1, 0.15) is 5.82 Å². The van der Waals surface area contributed by atoms with E-state index in [4.69, 9.17) is 9.40 Å². The van der Waals surface area contributed by atoms with Gasteiger partial charge >= 0.3 is 6.98 Å². The lowest BCUT2D eigenvalue weighted by Gasteiger charge is -2.40. The van der Waals surface area contributed by atoms with Gasteiger partial charge in [-0.3, -0.25) is 0 Å². The molecule has 0 saturated carbocycles. The van der Waals surface area contributed by atoms with Crippen molar-refractivity contribution >= 4 is 47.0 Å². The van der Waals surface area contributed by atoms with Crippen LogP contribution in [0.5, 0.6) is 0 Å². The molecule has 6 rings (SSSR count). The Kier molecular flexibility index (Phi) is 3.87. The molecule has 3 aromatic heterocycles. The summed E-state index contributed by atoms with van der Waals surface area (Å²) in [7, 11) is 2.13. The Labute approximate surface area is 181 Å². The van der Waals surface area contributed by atoms with E-state index in [1.807, 2.05) is 24.4 Å². The third kappa shape index (κ3) is 2.52. The predicted octanol–water partition coefficient (Wildman–Crippen LogP) is 5.11. The van der Waals surface area contributed by atoms with Crippen molar-refractivity contribution in [1.29, 1.82) is 0 Å². The SMILES string of the molecule is CC1=Cc2oc3ncccc3c2N(C)B1N1c2ncccc2N(c2ccccc2)[C@@H]1C. The lowest BCUT2D eigenvalue weighted by Crippen LogP contribution is -2.58. The minimum absolute atomic E-state index is 0.00543. The van der Waals surface area contributed by atoms with Gasteiger partial charge in [0.15, 0.2) is 5.76 Å². The van der Waals surface area contributed by atoms with E-state index in [2.05, 4.69) is 82.9 Å². The summed E-state index contributed by atoms with van der Waals surface area (Å²) < 4.78 is 6.06. The fourth-order valence-corrected chi connectivity index (χ4v) is 5.06. The smallest absolute Gasteiger partial charge is 0.409 e. The molecule has 2 aliphatic heterocycles. The average molecular weight is 407 g/mol. The largest absolute Gasteiger partial charge is 0.436 e. The van der Waals surface area contributed by atoms with Gasteiger partial charge in [-0.2, -0.15) is 0 Å². The Morgan fingerprint density at radius 2 is 1.74 bits per heavy atom. The van der Waals surface area contributed by atoms with Crippen LogP contribution in [-0.4, -0.2) is 30.2 Å². The predicted molar refractivity (Wildman–Crippen MR) is 127 cm³/mol. The molecule has 0 fully saturated rings. The van der Waals surface area contributed by atoms with Crippen molar-refractivity contribution in [3.05, 3.63) is 78.2 Å². The molecule has 0 spiro atoms. The molecule has 0 aliphatic carbocycles. The van der Waals surface area contributed by atoms with Crippen LogP contribution in [0.15, 0.2) is 76.9 Å². The number of pyridine rings is 2. The van der Waals surface area contributed by atoms with E-state index in [1.54, 1.807) is 6.20 Å². The van der Waals surface area contributed by atoms with Gasteiger partial charge in [0.25, 0.3) is 0 Å². The van der Waals surface area contributed by atoms with E-state index < -0.39 is 0 Å². The monoisotopic (exact) mass is 407 g/mol. The summed E-state index contributed by atoms with van der Waals surface area (Å²) in [5.41, 5.74) is 5.22. The van der Waals surface area contributed by atoms with E-state index in [-0.39, 0.29) is 13.1 Å². The molecule has 0 bridgehead atoms. The number of aromatic nitrogens is 2. The number of anilines is 4. The zero-order chi connectivity index (χ0) is 21.1. The van der Waals surface area contributed by atoms with Gasteiger partial charge in [0, 0.05) is 18.1 Å². The van der Waals surface area contributed by atoms with Crippen molar-refractivity contribution in [2.75, 3.05) is 21.6 Å². The van der Waals surface area contributed by atoms with Crippen molar-refractivity contribution in [2.45, 2.75) is 20.0 Å². The van der Waals surface area contributed by atoms with Gasteiger partial charge < -0.3 is 18.9 Å². The number of fused-ring (bicyclic) bond motifs is 4. The van der Waals surface area contributed by atoms with E-state index in [1.165, 1.54) is 5.47 Å². The Balaban J connectivity index is 1.50. The van der Waals surface area contributed by atoms with Crippen molar-refractivity contribution in [3.63, 3.8) is 0 Å². The fraction of sp³-hybridized carbons (Fsp3) is 0.167. The first-order chi connectivity index (χ1) is 15.1. The van der Waals surface area contributed by atoms with Crippen LogP contribution in [0.4, 0.5) is 22.9 Å². The maximum atomic E-state index is 6.06. The van der Waals surface area contributed by atoms with Crippen LogP contribution in [0.2, 0.25) is 0 Å². The van der Waals surface area contributed by atoms with Crippen molar-refractivity contribution in [1.82, 2.24) is 9.97 Å². The topological polar surface area (TPSA) is 48.6 Å². The Morgan fingerprint density at radius 3 is 2.58 bits per heavy atom. The average Bonchev–Trinajstić information content (AvgIpc) is 3.29. The molecule has 7 heteroatoms. The second kappa shape index (κ2) is 6.64. The number of hydrogen-bond donors (Lipinski definition) is 0. The third-order valence-corrected chi connectivity index (χ3v) is 6.30. The van der Waals surface area contributed by atoms with Crippen LogP contribution in [0.3, 0.4) is 0 Å². The number of rotatable bonds is 2. The highest BCUT2D eigenvalue weighted by molar-refractivity contribution is 6.76. The lowest BCUT2D eigenvalue weighted by atomic mass is 9.61. The Bertz CT molecular complexity index is 1320. The van der Waals surface area contributed by atoms with Crippen LogP contribution < -0.4 is 14.5 Å². The molecular weight excluding hydrogens is 385 g/mol. The summed E-state index contributed by atoms with van der Waals surface area (Å²) in [4.78, 5) is 16.3. The van der Waals surface area contributed by atoms with Crippen LogP contribution in [0.1, 0.15) is 19.6 Å². The van der Waals surface area contributed by atoms with Crippen LogP contribution in [-0.2, 0) is 0 Å². The molecule has 0 radical (unpaired) electrons. The summed E-state index contributed by atoms with van der Waals surface area (Å²) in [5.74, 6) is 1.84. The molecule has 2 aliphatic rings. The zero-order valence-corrected chi connectivity index (χ0v) is 17.7. The first-order valence-corrected chi connectivity index (χ1v) is 10.5. The normalized spacial score (nSPS) is 17.8. The minimum atomic E-state index is 0.00543. The van der Waals surface area contributed by atoms with Gasteiger partial charge in [-0.1, -0.05) is 23.7 Å². The summed E-state index contributed by atoms with van der Waals surface area (Å²) in [5, 5.41) is 1.03. The number of hydrogen-bond acceptors (Lipinski definition) is 6. The zero-order valence-electron chi connectivity index (χ0n) is 17.7. The van der Waals surface area contributed by atoms with Gasteiger partial charge in [0.2, 0.25) is 5.71 Å². The fourth-order valence-electron chi connectivity index (χ4n) is 5.06. The van der Waals surface area contributed by atoms with Crippen LogP contribution in [0, 0.1) is 0 Å². The first-order valence-electron chi connectivity index (χ1n) is 10.5. The molecule has 31 heavy (non-hydrogen) atoms. The van der Waals surface area contributed by atoms with Crippen molar-refractivity contribution in [2.24, 2.45) is 0 Å². The molecule has 152 valence electrons. The van der Waals surface area contributed by atoms with Gasteiger partial charge in [-0.05, 0) is 63.4 Å². The molecule has 1 aromatic carbocycles. The molecule has 4 aromatic rings.